The second-order valence-corrected chi connectivity index (χ2v) is 3.93. The van der Waals surface area contributed by atoms with Crippen molar-refractivity contribution in [3.8, 4) is 0 Å². The van der Waals surface area contributed by atoms with Gasteiger partial charge in [0.15, 0.2) is 0 Å². The van der Waals surface area contributed by atoms with Gasteiger partial charge < -0.3 is 10.3 Å². The number of fused-ring (bicyclic) bond motifs is 1. The second kappa shape index (κ2) is 3.98. The van der Waals surface area contributed by atoms with Gasteiger partial charge in [-0.3, -0.25) is 0 Å². The maximum Gasteiger partial charge on any atom is 0.116 e. The molecule has 0 unspecified atom stereocenters. The Labute approximate surface area is 93.9 Å². The number of benzene rings is 1. The maximum absolute atomic E-state index is 5.55. The zero-order valence-electron chi connectivity index (χ0n) is 8.60. The predicted molar refractivity (Wildman–Crippen MR) is 65.9 cm³/mol. The normalized spacial score (nSPS) is 10.7. The van der Waals surface area contributed by atoms with Crippen molar-refractivity contribution in [2.24, 2.45) is 5.73 Å². The molecule has 78 valence electrons. The molecular weight excluding hydrogens is 206 g/mol. The number of thiocarbonyl (C=S) groups is 1. The van der Waals surface area contributed by atoms with Crippen molar-refractivity contribution in [1.29, 1.82) is 0 Å². The summed E-state index contributed by atoms with van der Waals surface area (Å²) in [5, 5.41) is 0. The number of aromatic nitrogens is 2. The SMILES string of the molecule is CCn1c(CC(N)=S)nc2ccccc21. The standard InChI is InChI=1S/C11H13N3S/c1-2-14-9-6-4-3-5-8(9)13-11(14)7-10(12)15/h3-6H,2,7H2,1H3,(H2,12,15). The zero-order chi connectivity index (χ0) is 10.8. The first-order valence-corrected chi connectivity index (χ1v) is 5.35. The van der Waals surface area contributed by atoms with Crippen molar-refractivity contribution in [2.45, 2.75) is 19.9 Å². The Morgan fingerprint density at radius 1 is 1.47 bits per heavy atom. The molecule has 0 bridgehead atoms. The number of imidazole rings is 1. The Kier molecular flexibility index (Phi) is 2.68. The highest BCUT2D eigenvalue weighted by atomic mass is 32.1. The molecule has 2 rings (SSSR count). The Hall–Kier alpha value is -1.42. The van der Waals surface area contributed by atoms with Crippen LogP contribution in [0.5, 0.6) is 0 Å². The fourth-order valence-corrected chi connectivity index (χ4v) is 1.90. The van der Waals surface area contributed by atoms with E-state index in [2.05, 4.69) is 22.5 Å². The van der Waals surface area contributed by atoms with Crippen molar-refractivity contribution in [3.63, 3.8) is 0 Å². The summed E-state index contributed by atoms with van der Waals surface area (Å²) >= 11 is 4.91. The van der Waals surface area contributed by atoms with Gasteiger partial charge in [-0.05, 0) is 19.1 Å². The van der Waals surface area contributed by atoms with Crippen LogP contribution in [0.15, 0.2) is 24.3 Å². The van der Waals surface area contributed by atoms with Crippen LogP contribution in [0, 0.1) is 0 Å². The molecule has 0 aliphatic rings. The predicted octanol–water partition coefficient (Wildman–Crippen LogP) is 1.88. The summed E-state index contributed by atoms with van der Waals surface area (Å²) in [6.45, 7) is 2.98. The van der Waals surface area contributed by atoms with Gasteiger partial charge in [-0.25, -0.2) is 4.98 Å². The van der Waals surface area contributed by atoms with Crippen molar-refractivity contribution in [3.05, 3.63) is 30.1 Å². The number of hydrogen-bond donors (Lipinski definition) is 1. The molecule has 3 nitrogen and oxygen atoms in total. The van der Waals surface area contributed by atoms with Crippen LogP contribution in [-0.4, -0.2) is 14.5 Å². The Morgan fingerprint density at radius 2 is 2.20 bits per heavy atom. The summed E-state index contributed by atoms with van der Waals surface area (Å²) in [5.74, 6) is 0.950. The highest BCUT2D eigenvalue weighted by Gasteiger charge is 2.08. The number of hydrogen-bond acceptors (Lipinski definition) is 2. The molecule has 0 saturated carbocycles. The largest absolute Gasteiger partial charge is 0.393 e. The van der Waals surface area contributed by atoms with Gasteiger partial charge in [0.05, 0.1) is 22.4 Å². The molecule has 0 amide bonds. The number of para-hydroxylation sites is 2. The third-order valence-corrected chi connectivity index (χ3v) is 2.53. The van der Waals surface area contributed by atoms with E-state index in [1.807, 2.05) is 18.2 Å². The van der Waals surface area contributed by atoms with Gasteiger partial charge in [0.2, 0.25) is 0 Å². The molecule has 0 radical (unpaired) electrons. The number of nitrogens with two attached hydrogens (primary N) is 1. The van der Waals surface area contributed by atoms with E-state index in [9.17, 15) is 0 Å². The summed E-state index contributed by atoms with van der Waals surface area (Å²) in [5.41, 5.74) is 7.70. The van der Waals surface area contributed by atoms with Crippen molar-refractivity contribution < 1.29 is 0 Å². The third kappa shape index (κ3) is 1.85. The van der Waals surface area contributed by atoms with Gasteiger partial charge in [-0.15, -0.1) is 0 Å². The smallest absolute Gasteiger partial charge is 0.116 e. The molecule has 2 N–H and O–H groups in total. The van der Waals surface area contributed by atoms with Crippen LogP contribution in [0.25, 0.3) is 11.0 Å². The van der Waals surface area contributed by atoms with Gasteiger partial charge in [-0.1, -0.05) is 24.4 Å². The minimum Gasteiger partial charge on any atom is -0.393 e. The molecule has 0 aliphatic carbocycles. The first kappa shape index (κ1) is 10.1. The highest BCUT2D eigenvalue weighted by Crippen LogP contribution is 2.16. The maximum atomic E-state index is 5.55. The van der Waals surface area contributed by atoms with Crippen LogP contribution in [0.4, 0.5) is 0 Å². The summed E-state index contributed by atoms with van der Waals surface area (Å²) in [7, 11) is 0. The lowest BCUT2D eigenvalue weighted by Gasteiger charge is -2.04. The molecule has 1 heterocycles. The van der Waals surface area contributed by atoms with Gasteiger partial charge in [0.25, 0.3) is 0 Å². The molecule has 1 aromatic heterocycles. The molecule has 15 heavy (non-hydrogen) atoms. The number of nitrogens with zero attached hydrogens (tertiary/aromatic N) is 2. The van der Waals surface area contributed by atoms with E-state index < -0.39 is 0 Å². The fraction of sp³-hybridized carbons (Fsp3) is 0.273. The first-order valence-electron chi connectivity index (χ1n) is 4.95. The highest BCUT2D eigenvalue weighted by molar-refractivity contribution is 7.80. The Balaban J connectivity index is 2.58. The average Bonchev–Trinajstić information content (AvgIpc) is 2.53. The van der Waals surface area contributed by atoms with Crippen LogP contribution in [0.3, 0.4) is 0 Å². The zero-order valence-corrected chi connectivity index (χ0v) is 9.42. The number of aryl methyl sites for hydroxylation is 1. The lowest BCUT2D eigenvalue weighted by Crippen LogP contribution is -2.15. The van der Waals surface area contributed by atoms with E-state index in [4.69, 9.17) is 18.0 Å². The Bertz CT molecular complexity index is 502. The van der Waals surface area contributed by atoms with Crippen LogP contribution in [-0.2, 0) is 13.0 Å². The van der Waals surface area contributed by atoms with Crippen molar-refractivity contribution in [2.75, 3.05) is 0 Å². The van der Waals surface area contributed by atoms with Crippen LogP contribution in [0.1, 0.15) is 12.7 Å². The van der Waals surface area contributed by atoms with Crippen LogP contribution >= 0.6 is 12.2 Å². The average molecular weight is 219 g/mol. The molecule has 4 heteroatoms. The van der Waals surface area contributed by atoms with Crippen LogP contribution in [0.2, 0.25) is 0 Å². The van der Waals surface area contributed by atoms with E-state index in [0.717, 1.165) is 23.4 Å². The van der Waals surface area contributed by atoms with Gasteiger partial charge in [0, 0.05) is 6.54 Å². The second-order valence-electron chi connectivity index (χ2n) is 3.40. The molecule has 0 atom stereocenters. The monoisotopic (exact) mass is 219 g/mol. The van der Waals surface area contributed by atoms with E-state index in [1.54, 1.807) is 0 Å². The topological polar surface area (TPSA) is 43.8 Å². The fourth-order valence-electron chi connectivity index (χ4n) is 1.77. The van der Waals surface area contributed by atoms with Crippen molar-refractivity contribution in [1.82, 2.24) is 9.55 Å². The quantitative estimate of drug-likeness (QED) is 0.802. The molecule has 0 aliphatic heterocycles. The Morgan fingerprint density at radius 3 is 2.87 bits per heavy atom. The first-order chi connectivity index (χ1) is 7.22. The molecular formula is C11H13N3S. The molecule has 1 aromatic carbocycles. The lowest BCUT2D eigenvalue weighted by molar-refractivity contribution is 0.743. The van der Waals surface area contributed by atoms with E-state index in [1.165, 1.54) is 0 Å². The van der Waals surface area contributed by atoms with Crippen molar-refractivity contribution >= 4 is 28.2 Å². The van der Waals surface area contributed by atoms with Gasteiger partial charge in [-0.2, -0.15) is 0 Å². The molecule has 2 aromatic rings. The van der Waals surface area contributed by atoms with E-state index >= 15 is 0 Å². The molecule has 0 fully saturated rings. The minimum atomic E-state index is 0.486. The van der Waals surface area contributed by atoms with Crippen LogP contribution < -0.4 is 5.73 Å². The third-order valence-electron chi connectivity index (χ3n) is 2.38. The summed E-state index contributed by atoms with van der Waals surface area (Å²) < 4.78 is 2.15. The summed E-state index contributed by atoms with van der Waals surface area (Å²) in [6.07, 6.45) is 0.567. The van der Waals surface area contributed by atoms with Gasteiger partial charge >= 0.3 is 0 Å². The summed E-state index contributed by atoms with van der Waals surface area (Å²) in [4.78, 5) is 5.01. The lowest BCUT2D eigenvalue weighted by atomic mass is 10.3. The van der Waals surface area contributed by atoms with Gasteiger partial charge in [0.1, 0.15) is 5.82 Å². The number of rotatable bonds is 3. The van der Waals surface area contributed by atoms with E-state index in [0.29, 0.717) is 11.4 Å². The molecule has 0 saturated heterocycles. The van der Waals surface area contributed by atoms with E-state index in [-0.39, 0.29) is 0 Å². The minimum absolute atomic E-state index is 0.486. The molecule has 0 spiro atoms. The summed E-state index contributed by atoms with van der Waals surface area (Å²) in [6, 6.07) is 8.07.